The summed E-state index contributed by atoms with van der Waals surface area (Å²) in [6.07, 6.45) is -4.96. The monoisotopic (exact) mass is 279 g/mol. The zero-order chi connectivity index (χ0) is 13.6. The molecule has 6 heteroatoms. The molecule has 1 rings (SSSR count). The molecule has 0 heterocycles. The van der Waals surface area contributed by atoms with Gasteiger partial charge in [0.25, 0.3) is 0 Å². The first-order chi connectivity index (χ1) is 8.38. The summed E-state index contributed by atoms with van der Waals surface area (Å²) in [6.45, 7) is 0.326. The summed E-state index contributed by atoms with van der Waals surface area (Å²) in [6, 6.07) is 8.93. The van der Waals surface area contributed by atoms with Gasteiger partial charge in [-0.25, -0.2) is 0 Å². The number of alkyl halides is 3. The first-order valence-corrected chi connectivity index (χ1v) is 6.89. The first-order valence-electron chi connectivity index (χ1n) is 5.57. The maximum absolute atomic E-state index is 12.0. The molecule has 2 nitrogen and oxygen atoms in total. The molecule has 0 aromatic heterocycles. The van der Waals surface area contributed by atoms with E-state index >= 15 is 0 Å². The van der Waals surface area contributed by atoms with Crippen LogP contribution in [0.1, 0.15) is 6.42 Å². The minimum atomic E-state index is -4.13. The van der Waals surface area contributed by atoms with Crippen molar-refractivity contribution in [2.45, 2.75) is 17.5 Å². The Morgan fingerprint density at radius 2 is 1.78 bits per heavy atom. The van der Waals surface area contributed by atoms with Crippen LogP contribution in [-0.2, 0) is 10.8 Å². The van der Waals surface area contributed by atoms with Crippen molar-refractivity contribution in [1.82, 2.24) is 4.90 Å². The quantitative estimate of drug-likeness (QED) is 0.798. The van der Waals surface area contributed by atoms with Crippen LogP contribution in [0.3, 0.4) is 0 Å². The summed E-state index contributed by atoms with van der Waals surface area (Å²) in [5.41, 5.74) is 0. The summed E-state index contributed by atoms with van der Waals surface area (Å²) in [4.78, 5) is 2.26. The highest BCUT2D eigenvalue weighted by molar-refractivity contribution is 7.85. The Bertz CT molecular complexity index is 381. The van der Waals surface area contributed by atoms with Crippen LogP contribution in [-0.4, -0.2) is 41.2 Å². The molecule has 0 radical (unpaired) electrons. The molecular weight excluding hydrogens is 263 g/mol. The van der Waals surface area contributed by atoms with Gasteiger partial charge in [-0.1, -0.05) is 18.2 Å². The van der Waals surface area contributed by atoms with Gasteiger partial charge in [0.2, 0.25) is 0 Å². The number of rotatable bonds is 6. The van der Waals surface area contributed by atoms with Gasteiger partial charge >= 0.3 is 6.18 Å². The zero-order valence-electron chi connectivity index (χ0n) is 10.1. The first kappa shape index (κ1) is 15.2. The summed E-state index contributed by atoms with van der Waals surface area (Å²) >= 11 is 0. The summed E-state index contributed by atoms with van der Waals surface area (Å²) in [5, 5.41) is 0. The number of nitrogens with zero attached hydrogens (tertiary/aromatic N) is 1. The molecular formula is C12H16F3NOS. The van der Waals surface area contributed by atoms with E-state index in [4.69, 9.17) is 0 Å². The van der Waals surface area contributed by atoms with E-state index in [1.165, 1.54) is 0 Å². The standard InChI is InChI=1S/C12H16F3NOS/c1-16(8-7-12(13,14)15)9-10-18(17)11-5-3-2-4-6-11/h2-6H,7-10H2,1H3/t18-/m0/s1. The maximum atomic E-state index is 12.0. The number of hydrogen-bond donors (Lipinski definition) is 0. The molecule has 0 fully saturated rings. The third-order valence-electron chi connectivity index (χ3n) is 2.44. The highest BCUT2D eigenvalue weighted by Gasteiger charge is 2.27. The van der Waals surface area contributed by atoms with Crippen molar-refractivity contribution in [3.63, 3.8) is 0 Å². The van der Waals surface area contributed by atoms with Crippen LogP contribution in [0.2, 0.25) is 0 Å². The number of hydrogen-bond acceptors (Lipinski definition) is 2. The van der Waals surface area contributed by atoms with Gasteiger partial charge in [0.1, 0.15) is 0 Å². The molecule has 0 aliphatic carbocycles. The highest BCUT2D eigenvalue weighted by Crippen LogP contribution is 2.19. The number of benzene rings is 1. The Morgan fingerprint density at radius 3 is 2.33 bits per heavy atom. The van der Waals surface area contributed by atoms with Gasteiger partial charge in [0, 0.05) is 23.7 Å². The van der Waals surface area contributed by atoms with E-state index < -0.39 is 23.4 Å². The Morgan fingerprint density at radius 1 is 1.17 bits per heavy atom. The maximum Gasteiger partial charge on any atom is 0.390 e. The summed E-state index contributed by atoms with van der Waals surface area (Å²) < 4.78 is 47.8. The van der Waals surface area contributed by atoms with E-state index in [1.54, 1.807) is 36.2 Å². The average molecular weight is 279 g/mol. The van der Waals surface area contributed by atoms with Crippen molar-refractivity contribution < 1.29 is 17.4 Å². The van der Waals surface area contributed by atoms with Gasteiger partial charge in [-0.15, -0.1) is 0 Å². The lowest BCUT2D eigenvalue weighted by atomic mass is 10.4. The van der Waals surface area contributed by atoms with Crippen LogP contribution in [0, 0.1) is 0 Å². The van der Waals surface area contributed by atoms with E-state index in [0.29, 0.717) is 17.2 Å². The second-order valence-corrected chi connectivity index (χ2v) is 5.60. The van der Waals surface area contributed by atoms with E-state index in [0.717, 1.165) is 0 Å². The normalized spacial score (nSPS) is 13.8. The fourth-order valence-electron chi connectivity index (χ4n) is 1.36. The predicted molar refractivity (Wildman–Crippen MR) is 65.9 cm³/mol. The molecule has 0 unspecified atom stereocenters. The van der Waals surface area contributed by atoms with E-state index in [1.807, 2.05) is 6.07 Å². The fraction of sp³-hybridized carbons (Fsp3) is 0.500. The molecule has 18 heavy (non-hydrogen) atoms. The molecule has 0 aliphatic heterocycles. The Balaban J connectivity index is 2.31. The molecule has 102 valence electrons. The van der Waals surface area contributed by atoms with Gasteiger partial charge in [-0.2, -0.15) is 13.2 Å². The topological polar surface area (TPSA) is 20.3 Å². The second kappa shape index (κ2) is 6.89. The molecule has 0 amide bonds. The lowest BCUT2D eigenvalue weighted by molar-refractivity contribution is -0.137. The summed E-state index contributed by atoms with van der Waals surface area (Å²) in [5.74, 6) is 0.346. The number of halogens is 3. The van der Waals surface area contributed by atoms with Crippen LogP contribution in [0.25, 0.3) is 0 Å². The largest absolute Gasteiger partial charge is 0.390 e. The Kier molecular flexibility index (Phi) is 5.81. The van der Waals surface area contributed by atoms with E-state index in [2.05, 4.69) is 0 Å². The van der Waals surface area contributed by atoms with Gasteiger partial charge in [-0.05, 0) is 19.2 Å². The van der Waals surface area contributed by atoms with Crippen LogP contribution in [0.5, 0.6) is 0 Å². The Hall–Kier alpha value is -0.880. The van der Waals surface area contributed by atoms with Crippen molar-refractivity contribution in [1.29, 1.82) is 0 Å². The van der Waals surface area contributed by atoms with E-state index in [-0.39, 0.29) is 6.54 Å². The minimum Gasteiger partial charge on any atom is -0.305 e. The molecule has 1 aromatic carbocycles. The third-order valence-corrected chi connectivity index (χ3v) is 3.79. The zero-order valence-corrected chi connectivity index (χ0v) is 10.9. The van der Waals surface area contributed by atoms with Crippen LogP contribution < -0.4 is 0 Å². The molecule has 0 saturated heterocycles. The smallest absolute Gasteiger partial charge is 0.305 e. The lowest BCUT2D eigenvalue weighted by Crippen LogP contribution is -2.28. The van der Waals surface area contributed by atoms with Crippen molar-refractivity contribution >= 4 is 10.8 Å². The molecule has 0 spiro atoms. The highest BCUT2D eigenvalue weighted by atomic mass is 32.2. The fourth-order valence-corrected chi connectivity index (χ4v) is 2.53. The van der Waals surface area contributed by atoms with Crippen LogP contribution in [0.15, 0.2) is 35.2 Å². The molecule has 1 atom stereocenters. The molecule has 0 saturated carbocycles. The SMILES string of the molecule is CN(CC[S@](=O)c1ccccc1)CCC(F)(F)F. The predicted octanol–water partition coefficient (Wildman–Crippen LogP) is 2.68. The molecule has 1 aromatic rings. The van der Waals surface area contributed by atoms with Crippen molar-refractivity contribution in [2.24, 2.45) is 0 Å². The second-order valence-electron chi connectivity index (χ2n) is 4.03. The minimum absolute atomic E-state index is 0.0600. The molecule has 0 aliphatic rings. The van der Waals surface area contributed by atoms with Crippen LogP contribution >= 0.6 is 0 Å². The van der Waals surface area contributed by atoms with Crippen molar-refractivity contribution in [3.05, 3.63) is 30.3 Å². The average Bonchev–Trinajstić information content (AvgIpc) is 2.33. The van der Waals surface area contributed by atoms with Gasteiger partial charge in [0.15, 0.2) is 0 Å². The van der Waals surface area contributed by atoms with Gasteiger partial charge in [0.05, 0.1) is 17.2 Å². The third kappa shape index (κ3) is 6.16. The summed E-state index contributed by atoms with van der Waals surface area (Å²) in [7, 11) is 0.453. The van der Waals surface area contributed by atoms with Crippen molar-refractivity contribution in [3.8, 4) is 0 Å². The van der Waals surface area contributed by atoms with Gasteiger partial charge < -0.3 is 4.90 Å². The molecule has 0 N–H and O–H groups in total. The Labute approximate surface area is 107 Å². The molecule has 0 bridgehead atoms. The lowest BCUT2D eigenvalue weighted by Gasteiger charge is -2.17. The van der Waals surface area contributed by atoms with Crippen LogP contribution in [0.4, 0.5) is 13.2 Å². The van der Waals surface area contributed by atoms with Crippen molar-refractivity contribution in [2.75, 3.05) is 25.9 Å². The van der Waals surface area contributed by atoms with Gasteiger partial charge in [-0.3, -0.25) is 4.21 Å². The van der Waals surface area contributed by atoms with E-state index in [9.17, 15) is 17.4 Å².